The van der Waals surface area contributed by atoms with Gasteiger partial charge in [-0.25, -0.2) is 0 Å². The van der Waals surface area contributed by atoms with Gasteiger partial charge in [0.15, 0.2) is 0 Å². The standard InChI is InChI=1S/C16H24BrNO/c1-16(8-3-2-4-9-16)13-18-10-11-19-15-7-5-6-14(17)12-15/h5-7,12,18H,2-4,8-11,13H2,1H3. The molecule has 0 amide bonds. The molecule has 1 aliphatic carbocycles. The van der Waals surface area contributed by atoms with Crippen LogP contribution in [0.15, 0.2) is 28.7 Å². The van der Waals surface area contributed by atoms with E-state index in [0.29, 0.717) is 5.41 Å². The van der Waals surface area contributed by atoms with Gasteiger partial charge < -0.3 is 10.1 Å². The number of halogens is 1. The van der Waals surface area contributed by atoms with Crippen LogP contribution in [0.25, 0.3) is 0 Å². The summed E-state index contributed by atoms with van der Waals surface area (Å²) in [4.78, 5) is 0. The van der Waals surface area contributed by atoms with Crippen molar-refractivity contribution in [2.75, 3.05) is 19.7 Å². The van der Waals surface area contributed by atoms with Gasteiger partial charge in [-0.15, -0.1) is 0 Å². The van der Waals surface area contributed by atoms with E-state index in [-0.39, 0.29) is 0 Å². The fourth-order valence-corrected chi connectivity index (χ4v) is 3.15. The number of benzene rings is 1. The van der Waals surface area contributed by atoms with Crippen molar-refractivity contribution in [1.29, 1.82) is 0 Å². The Morgan fingerprint density at radius 1 is 1.26 bits per heavy atom. The average molecular weight is 326 g/mol. The number of nitrogens with one attached hydrogen (secondary N) is 1. The Hall–Kier alpha value is -0.540. The van der Waals surface area contributed by atoms with Crippen LogP contribution in [0.3, 0.4) is 0 Å². The summed E-state index contributed by atoms with van der Waals surface area (Å²) < 4.78 is 6.78. The first-order chi connectivity index (χ1) is 9.18. The summed E-state index contributed by atoms with van der Waals surface area (Å²) in [7, 11) is 0. The van der Waals surface area contributed by atoms with Gasteiger partial charge in [-0.1, -0.05) is 48.2 Å². The van der Waals surface area contributed by atoms with E-state index in [9.17, 15) is 0 Å². The van der Waals surface area contributed by atoms with Gasteiger partial charge in [-0.2, -0.15) is 0 Å². The topological polar surface area (TPSA) is 21.3 Å². The summed E-state index contributed by atoms with van der Waals surface area (Å²) in [6, 6.07) is 8.00. The average Bonchev–Trinajstić information content (AvgIpc) is 2.39. The largest absolute Gasteiger partial charge is 0.492 e. The van der Waals surface area contributed by atoms with Gasteiger partial charge in [0, 0.05) is 17.6 Å². The zero-order valence-electron chi connectivity index (χ0n) is 11.8. The molecule has 1 fully saturated rings. The molecule has 0 bridgehead atoms. The minimum Gasteiger partial charge on any atom is -0.492 e. The maximum Gasteiger partial charge on any atom is 0.120 e. The minimum atomic E-state index is 0.508. The second-order valence-electron chi connectivity index (χ2n) is 5.85. The normalized spacial score (nSPS) is 18.2. The molecular weight excluding hydrogens is 302 g/mol. The predicted octanol–water partition coefficient (Wildman–Crippen LogP) is 4.39. The minimum absolute atomic E-state index is 0.508. The van der Waals surface area contributed by atoms with Crippen molar-refractivity contribution in [2.45, 2.75) is 39.0 Å². The molecule has 0 aromatic heterocycles. The Morgan fingerprint density at radius 2 is 2.05 bits per heavy atom. The van der Waals surface area contributed by atoms with E-state index in [1.807, 2.05) is 24.3 Å². The monoisotopic (exact) mass is 325 g/mol. The third-order valence-electron chi connectivity index (χ3n) is 3.96. The first kappa shape index (κ1) is 14.9. The van der Waals surface area contributed by atoms with Crippen LogP contribution < -0.4 is 10.1 Å². The van der Waals surface area contributed by atoms with Crippen LogP contribution in [0.1, 0.15) is 39.0 Å². The second kappa shape index (κ2) is 7.30. The maximum atomic E-state index is 5.72. The molecule has 0 radical (unpaired) electrons. The summed E-state index contributed by atoms with van der Waals surface area (Å²) in [5.41, 5.74) is 0.508. The molecule has 1 aliphatic rings. The molecule has 0 heterocycles. The lowest BCUT2D eigenvalue weighted by molar-refractivity contribution is 0.202. The van der Waals surface area contributed by atoms with Gasteiger partial charge in [0.25, 0.3) is 0 Å². The van der Waals surface area contributed by atoms with Crippen LogP contribution in [0.2, 0.25) is 0 Å². The Bertz CT molecular complexity index is 388. The molecule has 3 heteroatoms. The van der Waals surface area contributed by atoms with Crippen molar-refractivity contribution in [1.82, 2.24) is 5.32 Å². The van der Waals surface area contributed by atoms with E-state index in [0.717, 1.165) is 29.9 Å². The molecule has 0 unspecified atom stereocenters. The van der Waals surface area contributed by atoms with Crippen molar-refractivity contribution < 1.29 is 4.74 Å². The maximum absolute atomic E-state index is 5.72. The van der Waals surface area contributed by atoms with E-state index in [1.54, 1.807) is 0 Å². The van der Waals surface area contributed by atoms with E-state index in [2.05, 4.69) is 28.2 Å². The third kappa shape index (κ3) is 5.15. The predicted molar refractivity (Wildman–Crippen MR) is 83.7 cm³/mol. The van der Waals surface area contributed by atoms with Crippen LogP contribution in [-0.4, -0.2) is 19.7 Å². The molecule has 2 rings (SSSR count). The van der Waals surface area contributed by atoms with Gasteiger partial charge in [0.2, 0.25) is 0 Å². The van der Waals surface area contributed by atoms with Gasteiger partial charge in [0.05, 0.1) is 0 Å². The fourth-order valence-electron chi connectivity index (χ4n) is 2.77. The number of ether oxygens (including phenoxy) is 1. The summed E-state index contributed by atoms with van der Waals surface area (Å²) in [5.74, 6) is 0.931. The molecule has 1 aromatic carbocycles. The zero-order valence-corrected chi connectivity index (χ0v) is 13.3. The molecule has 1 N–H and O–H groups in total. The second-order valence-corrected chi connectivity index (χ2v) is 6.77. The van der Waals surface area contributed by atoms with E-state index >= 15 is 0 Å². The molecule has 1 aromatic rings. The summed E-state index contributed by atoms with van der Waals surface area (Å²) in [6.45, 7) is 5.18. The van der Waals surface area contributed by atoms with Crippen molar-refractivity contribution in [3.05, 3.63) is 28.7 Å². The third-order valence-corrected chi connectivity index (χ3v) is 4.45. The summed E-state index contributed by atoms with van der Waals surface area (Å²) >= 11 is 3.45. The molecule has 0 spiro atoms. The van der Waals surface area contributed by atoms with Crippen molar-refractivity contribution >= 4 is 15.9 Å². The smallest absolute Gasteiger partial charge is 0.120 e. The first-order valence-electron chi connectivity index (χ1n) is 7.27. The Balaban J connectivity index is 1.62. The molecule has 2 nitrogen and oxygen atoms in total. The highest BCUT2D eigenvalue weighted by Gasteiger charge is 2.25. The highest BCUT2D eigenvalue weighted by molar-refractivity contribution is 9.10. The molecule has 1 saturated carbocycles. The fraction of sp³-hybridized carbons (Fsp3) is 0.625. The van der Waals surface area contributed by atoms with Crippen LogP contribution in [0.5, 0.6) is 5.75 Å². The van der Waals surface area contributed by atoms with E-state index in [1.165, 1.54) is 32.1 Å². The van der Waals surface area contributed by atoms with Crippen molar-refractivity contribution in [3.63, 3.8) is 0 Å². The molecular formula is C16H24BrNO. The van der Waals surface area contributed by atoms with E-state index < -0.39 is 0 Å². The lowest BCUT2D eigenvalue weighted by Gasteiger charge is -2.33. The van der Waals surface area contributed by atoms with Crippen LogP contribution in [0, 0.1) is 5.41 Å². The van der Waals surface area contributed by atoms with Crippen LogP contribution >= 0.6 is 15.9 Å². The summed E-state index contributed by atoms with van der Waals surface area (Å²) in [6.07, 6.45) is 6.94. The Kier molecular flexibility index (Phi) is 5.71. The highest BCUT2D eigenvalue weighted by Crippen LogP contribution is 2.34. The molecule has 106 valence electrons. The first-order valence-corrected chi connectivity index (χ1v) is 8.06. The molecule has 0 atom stereocenters. The SMILES string of the molecule is CC1(CNCCOc2cccc(Br)c2)CCCCC1. The number of hydrogen-bond acceptors (Lipinski definition) is 2. The van der Waals surface area contributed by atoms with Crippen molar-refractivity contribution in [2.24, 2.45) is 5.41 Å². The van der Waals surface area contributed by atoms with Gasteiger partial charge in [0.1, 0.15) is 12.4 Å². The molecule has 0 saturated heterocycles. The lowest BCUT2D eigenvalue weighted by atomic mass is 9.76. The Labute approximate surface area is 125 Å². The quantitative estimate of drug-likeness (QED) is 0.783. The van der Waals surface area contributed by atoms with Crippen molar-refractivity contribution in [3.8, 4) is 5.75 Å². The number of rotatable bonds is 6. The van der Waals surface area contributed by atoms with Gasteiger partial charge >= 0.3 is 0 Å². The van der Waals surface area contributed by atoms with Gasteiger partial charge in [-0.3, -0.25) is 0 Å². The number of hydrogen-bond donors (Lipinski definition) is 1. The zero-order chi connectivity index (χ0) is 13.6. The molecule has 19 heavy (non-hydrogen) atoms. The lowest BCUT2D eigenvalue weighted by Crippen LogP contribution is -2.35. The Morgan fingerprint density at radius 3 is 2.79 bits per heavy atom. The van der Waals surface area contributed by atoms with Crippen LogP contribution in [-0.2, 0) is 0 Å². The van der Waals surface area contributed by atoms with Gasteiger partial charge in [-0.05, 0) is 36.5 Å². The van der Waals surface area contributed by atoms with Crippen LogP contribution in [0.4, 0.5) is 0 Å². The highest BCUT2D eigenvalue weighted by atomic mass is 79.9. The van der Waals surface area contributed by atoms with E-state index in [4.69, 9.17) is 4.74 Å². The summed E-state index contributed by atoms with van der Waals surface area (Å²) in [5, 5.41) is 3.54. The molecule has 0 aliphatic heterocycles.